The van der Waals surface area contributed by atoms with Crippen molar-refractivity contribution in [1.82, 2.24) is 0 Å². The highest BCUT2D eigenvalue weighted by molar-refractivity contribution is 5.96. The second kappa shape index (κ2) is 3.85. The molecule has 1 amide bonds. The number of amides is 1. The van der Waals surface area contributed by atoms with Gasteiger partial charge in [0.1, 0.15) is 6.29 Å². The van der Waals surface area contributed by atoms with Crippen LogP contribution in [-0.2, 0) is 4.79 Å². The third-order valence-corrected chi connectivity index (χ3v) is 2.61. The largest absolute Gasteiger partial charge is 0.312 e. The molecule has 15 heavy (non-hydrogen) atoms. The van der Waals surface area contributed by atoms with Gasteiger partial charge in [0.2, 0.25) is 5.91 Å². The molecule has 2 rings (SSSR count). The standard InChI is InChI=1S/C12H13NO2/c1-9-5-10(8-14)7-11(6-9)13-4-2-3-12(13)15/h5-8H,2-4H2,1H3. The van der Waals surface area contributed by atoms with Crippen LogP contribution in [-0.4, -0.2) is 18.7 Å². The topological polar surface area (TPSA) is 37.4 Å². The Bertz CT molecular complexity index is 412. The molecule has 0 aliphatic carbocycles. The summed E-state index contributed by atoms with van der Waals surface area (Å²) in [5.41, 5.74) is 2.48. The van der Waals surface area contributed by atoms with Crippen LogP contribution in [0.3, 0.4) is 0 Å². The quantitative estimate of drug-likeness (QED) is 0.689. The molecule has 1 aliphatic rings. The molecule has 78 valence electrons. The van der Waals surface area contributed by atoms with Gasteiger partial charge in [0, 0.05) is 24.2 Å². The molecule has 3 nitrogen and oxygen atoms in total. The van der Waals surface area contributed by atoms with Gasteiger partial charge in [-0.25, -0.2) is 0 Å². The number of carbonyl (C=O) groups is 2. The van der Waals surface area contributed by atoms with E-state index in [4.69, 9.17) is 0 Å². The second-order valence-electron chi connectivity index (χ2n) is 3.87. The molecule has 0 unspecified atom stereocenters. The van der Waals surface area contributed by atoms with Gasteiger partial charge in [-0.05, 0) is 37.1 Å². The summed E-state index contributed by atoms with van der Waals surface area (Å²) in [6.07, 6.45) is 2.34. The van der Waals surface area contributed by atoms with Gasteiger partial charge < -0.3 is 4.90 Å². The maximum atomic E-state index is 11.5. The zero-order chi connectivity index (χ0) is 10.8. The molecule has 1 aliphatic heterocycles. The van der Waals surface area contributed by atoms with Crippen LogP contribution in [0.4, 0.5) is 5.69 Å². The van der Waals surface area contributed by atoms with Crippen molar-refractivity contribution >= 4 is 17.9 Å². The van der Waals surface area contributed by atoms with E-state index in [1.807, 2.05) is 19.1 Å². The Labute approximate surface area is 88.7 Å². The molecule has 0 spiro atoms. The highest BCUT2D eigenvalue weighted by atomic mass is 16.2. The van der Waals surface area contributed by atoms with Crippen molar-refractivity contribution in [2.75, 3.05) is 11.4 Å². The molecule has 0 saturated carbocycles. The highest BCUT2D eigenvalue weighted by Crippen LogP contribution is 2.23. The third kappa shape index (κ3) is 1.91. The SMILES string of the molecule is Cc1cc(C=O)cc(N2CCCC2=O)c1. The summed E-state index contributed by atoms with van der Waals surface area (Å²) in [6, 6.07) is 5.52. The minimum Gasteiger partial charge on any atom is -0.312 e. The fourth-order valence-electron chi connectivity index (χ4n) is 1.94. The van der Waals surface area contributed by atoms with Gasteiger partial charge in [-0.15, -0.1) is 0 Å². The average Bonchev–Trinajstić information content (AvgIpc) is 2.63. The lowest BCUT2D eigenvalue weighted by molar-refractivity contribution is -0.117. The van der Waals surface area contributed by atoms with E-state index in [1.165, 1.54) is 0 Å². The Balaban J connectivity index is 2.38. The van der Waals surface area contributed by atoms with E-state index in [1.54, 1.807) is 11.0 Å². The number of anilines is 1. The predicted molar refractivity (Wildman–Crippen MR) is 58.2 cm³/mol. The third-order valence-electron chi connectivity index (χ3n) is 2.61. The second-order valence-corrected chi connectivity index (χ2v) is 3.87. The van der Waals surface area contributed by atoms with Crippen molar-refractivity contribution in [1.29, 1.82) is 0 Å². The van der Waals surface area contributed by atoms with Gasteiger partial charge in [0.25, 0.3) is 0 Å². The van der Waals surface area contributed by atoms with Crippen molar-refractivity contribution in [2.45, 2.75) is 19.8 Å². The van der Waals surface area contributed by atoms with Crippen molar-refractivity contribution in [2.24, 2.45) is 0 Å². The zero-order valence-corrected chi connectivity index (χ0v) is 8.69. The molecule has 0 radical (unpaired) electrons. The zero-order valence-electron chi connectivity index (χ0n) is 8.69. The normalized spacial score (nSPS) is 15.8. The lowest BCUT2D eigenvalue weighted by atomic mass is 10.1. The van der Waals surface area contributed by atoms with Crippen molar-refractivity contribution in [3.8, 4) is 0 Å². The first kappa shape index (κ1) is 9.90. The summed E-state index contributed by atoms with van der Waals surface area (Å²) >= 11 is 0. The molecule has 1 fully saturated rings. The van der Waals surface area contributed by atoms with Gasteiger partial charge in [-0.1, -0.05) is 0 Å². The number of carbonyl (C=O) groups excluding carboxylic acids is 2. The van der Waals surface area contributed by atoms with Gasteiger partial charge in [0.05, 0.1) is 0 Å². The van der Waals surface area contributed by atoms with E-state index < -0.39 is 0 Å². The summed E-state index contributed by atoms with van der Waals surface area (Å²) in [4.78, 5) is 24.0. The van der Waals surface area contributed by atoms with Crippen LogP contribution in [0.1, 0.15) is 28.8 Å². The Kier molecular flexibility index (Phi) is 2.54. The first-order valence-electron chi connectivity index (χ1n) is 5.08. The molecule has 1 heterocycles. The molecule has 1 aromatic rings. The van der Waals surface area contributed by atoms with Gasteiger partial charge >= 0.3 is 0 Å². The maximum absolute atomic E-state index is 11.5. The Morgan fingerprint density at radius 1 is 1.33 bits per heavy atom. The number of hydrogen-bond acceptors (Lipinski definition) is 2. The number of rotatable bonds is 2. The Morgan fingerprint density at radius 2 is 2.13 bits per heavy atom. The first-order chi connectivity index (χ1) is 7.20. The summed E-state index contributed by atoms with van der Waals surface area (Å²) in [7, 11) is 0. The molecule has 0 aromatic heterocycles. The van der Waals surface area contributed by atoms with Crippen LogP contribution in [0.25, 0.3) is 0 Å². The lowest BCUT2D eigenvalue weighted by Crippen LogP contribution is -2.23. The van der Waals surface area contributed by atoms with E-state index in [0.29, 0.717) is 12.0 Å². The fourth-order valence-corrected chi connectivity index (χ4v) is 1.94. The predicted octanol–water partition coefficient (Wildman–Crippen LogP) is 1.93. The number of hydrogen-bond donors (Lipinski definition) is 0. The molecule has 1 aromatic carbocycles. The first-order valence-corrected chi connectivity index (χ1v) is 5.08. The minimum atomic E-state index is 0.150. The maximum Gasteiger partial charge on any atom is 0.227 e. The van der Waals surface area contributed by atoms with Crippen LogP contribution >= 0.6 is 0 Å². The molecular formula is C12H13NO2. The van der Waals surface area contributed by atoms with E-state index in [2.05, 4.69) is 0 Å². The smallest absolute Gasteiger partial charge is 0.227 e. The van der Waals surface area contributed by atoms with Gasteiger partial charge in [0.15, 0.2) is 0 Å². The minimum absolute atomic E-state index is 0.150. The van der Waals surface area contributed by atoms with E-state index in [-0.39, 0.29) is 5.91 Å². The Hall–Kier alpha value is -1.64. The fraction of sp³-hybridized carbons (Fsp3) is 0.333. The summed E-state index contributed by atoms with van der Waals surface area (Å²) in [5.74, 6) is 0.150. The average molecular weight is 203 g/mol. The number of nitrogens with zero attached hydrogens (tertiary/aromatic N) is 1. The van der Waals surface area contributed by atoms with Gasteiger partial charge in [-0.3, -0.25) is 9.59 Å². The van der Waals surface area contributed by atoms with Crippen molar-refractivity contribution < 1.29 is 9.59 Å². The Morgan fingerprint density at radius 3 is 2.73 bits per heavy atom. The van der Waals surface area contributed by atoms with Crippen LogP contribution in [0, 0.1) is 6.92 Å². The molecule has 0 N–H and O–H groups in total. The summed E-state index contributed by atoms with van der Waals surface area (Å²) < 4.78 is 0. The molecule has 0 bridgehead atoms. The monoisotopic (exact) mass is 203 g/mol. The van der Waals surface area contributed by atoms with Gasteiger partial charge in [-0.2, -0.15) is 0 Å². The van der Waals surface area contributed by atoms with Crippen LogP contribution < -0.4 is 4.90 Å². The van der Waals surface area contributed by atoms with E-state index in [9.17, 15) is 9.59 Å². The number of benzene rings is 1. The summed E-state index contributed by atoms with van der Waals surface area (Å²) in [5, 5.41) is 0. The van der Waals surface area contributed by atoms with Crippen molar-refractivity contribution in [3.05, 3.63) is 29.3 Å². The highest BCUT2D eigenvalue weighted by Gasteiger charge is 2.21. The van der Waals surface area contributed by atoms with Crippen molar-refractivity contribution in [3.63, 3.8) is 0 Å². The molecular weight excluding hydrogens is 190 g/mol. The molecule has 1 saturated heterocycles. The number of aryl methyl sites for hydroxylation is 1. The van der Waals surface area contributed by atoms with Crippen LogP contribution in [0.2, 0.25) is 0 Å². The molecule has 0 atom stereocenters. The van der Waals surface area contributed by atoms with Crippen LogP contribution in [0.15, 0.2) is 18.2 Å². The number of aldehydes is 1. The summed E-state index contributed by atoms with van der Waals surface area (Å²) in [6.45, 7) is 2.69. The lowest BCUT2D eigenvalue weighted by Gasteiger charge is -2.16. The van der Waals surface area contributed by atoms with E-state index in [0.717, 1.165) is 30.5 Å². The molecule has 3 heteroatoms. The van der Waals surface area contributed by atoms with Crippen LogP contribution in [0.5, 0.6) is 0 Å². The van der Waals surface area contributed by atoms with E-state index >= 15 is 0 Å².